The summed E-state index contributed by atoms with van der Waals surface area (Å²) in [5.74, 6) is 0.542. The van der Waals surface area contributed by atoms with Crippen molar-refractivity contribution < 1.29 is 9.53 Å². The molecule has 0 saturated heterocycles. The molecule has 0 aliphatic heterocycles. The van der Waals surface area contributed by atoms with Gasteiger partial charge in [0.05, 0.1) is 12.8 Å². The van der Waals surface area contributed by atoms with E-state index >= 15 is 0 Å². The lowest BCUT2D eigenvalue weighted by Crippen LogP contribution is -2.13. The van der Waals surface area contributed by atoms with Gasteiger partial charge in [0, 0.05) is 31.3 Å². The van der Waals surface area contributed by atoms with Gasteiger partial charge >= 0.3 is 0 Å². The zero-order valence-corrected chi connectivity index (χ0v) is 16.2. The molecule has 0 amide bonds. The Morgan fingerprint density at radius 2 is 1.96 bits per heavy atom. The SMILES string of the molecule is COc1ncc(CC(=O)Cc2cnc3cc(Cl)nn3c2C(C)C)cc1Cl. The molecular formula is C18H18Cl2N4O2. The Balaban J connectivity index is 1.85. The first kappa shape index (κ1) is 18.6. The van der Waals surface area contributed by atoms with Gasteiger partial charge in [0.15, 0.2) is 10.8 Å². The van der Waals surface area contributed by atoms with Crippen LogP contribution in [-0.4, -0.2) is 32.5 Å². The summed E-state index contributed by atoms with van der Waals surface area (Å²) in [5.41, 5.74) is 3.18. The van der Waals surface area contributed by atoms with Crippen molar-refractivity contribution >= 4 is 34.6 Å². The first-order chi connectivity index (χ1) is 12.4. The Morgan fingerprint density at radius 3 is 2.62 bits per heavy atom. The number of carbonyl (C=O) groups excluding carboxylic acids is 1. The van der Waals surface area contributed by atoms with Crippen LogP contribution in [0.2, 0.25) is 10.2 Å². The molecule has 3 aromatic heterocycles. The molecule has 3 aromatic rings. The van der Waals surface area contributed by atoms with Crippen LogP contribution in [-0.2, 0) is 17.6 Å². The van der Waals surface area contributed by atoms with Crippen molar-refractivity contribution in [2.75, 3.05) is 7.11 Å². The van der Waals surface area contributed by atoms with Gasteiger partial charge in [-0.3, -0.25) is 4.79 Å². The Labute approximate surface area is 161 Å². The quantitative estimate of drug-likeness (QED) is 0.635. The molecule has 3 rings (SSSR count). The number of aromatic nitrogens is 4. The van der Waals surface area contributed by atoms with Gasteiger partial charge in [-0.25, -0.2) is 14.5 Å². The predicted octanol–water partition coefficient (Wildman–Crippen LogP) is 3.92. The number of halogens is 2. The van der Waals surface area contributed by atoms with Gasteiger partial charge in [0.1, 0.15) is 10.8 Å². The van der Waals surface area contributed by atoms with Crippen molar-refractivity contribution in [3.05, 3.63) is 51.5 Å². The third-order valence-corrected chi connectivity index (χ3v) is 4.42. The summed E-state index contributed by atoms with van der Waals surface area (Å²) < 4.78 is 6.74. The van der Waals surface area contributed by atoms with Crippen LogP contribution in [0.15, 0.2) is 24.5 Å². The lowest BCUT2D eigenvalue weighted by molar-refractivity contribution is -0.117. The first-order valence-corrected chi connectivity index (χ1v) is 8.87. The number of carbonyl (C=O) groups is 1. The number of fused-ring (bicyclic) bond motifs is 1. The standard InChI is InChI=1S/C18H18Cl2N4O2/c1-10(2)17-12(9-21-16-7-15(20)23-24(16)17)6-13(25)4-11-5-14(19)18(26-3)22-8-11/h5,7-10H,4,6H2,1-3H3. The van der Waals surface area contributed by atoms with Crippen molar-refractivity contribution in [1.82, 2.24) is 19.6 Å². The van der Waals surface area contributed by atoms with Crippen molar-refractivity contribution in [2.24, 2.45) is 0 Å². The summed E-state index contributed by atoms with van der Waals surface area (Å²) in [7, 11) is 1.50. The van der Waals surface area contributed by atoms with Crippen LogP contribution in [0, 0.1) is 0 Å². The molecule has 6 nitrogen and oxygen atoms in total. The molecule has 26 heavy (non-hydrogen) atoms. The fourth-order valence-electron chi connectivity index (χ4n) is 2.92. The largest absolute Gasteiger partial charge is 0.480 e. The maximum atomic E-state index is 12.6. The number of methoxy groups -OCH3 is 1. The monoisotopic (exact) mass is 392 g/mol. The van der Waals surface area contributed by atoms with Crippen LogP contribution in [0.1, 0.15) is 36.6 Å². The second-order valence-electron chi connectivity index (χ2n) is 6.29. The molecule has 8 heteroatoms. The molecule has 0 aliphatic rings. The Kier molecular flexibility index (Phi) is 5.44. The molecule has 3 heterocycles. The highest BCUT2D eigenvalue weighted by atomic mass is 35.5. The lowest BCUT2D eigenvalue weighted by Gasteiger charge is -2.14. The van der Waals surface area contributed by atoms with Gasteiger partial charge in [-0.05, 0) is 23.1 Å². The van der Waals surface area contributed by atoms with Crippen LogP contribution >= 0.6 is 23.2 Å². The molecule has 0 atom stereocenters. The fraction of sp³-hybridized carbons (Fsp3) is 0.333. The van der Waals surface area contributed by atoms with Gasteiger partial charge in [-0.2, -0.15) is 5.10 Å². The van der Waals surface area contributed by atoms with E-state index in [0.29, 0.717) is 21.7 Å². The smallest absolute Gasteiger partial charge is 0.232 e. The maximum Gasteiger partial charge on any atom is 0.232 e. The first-order valence-electron chi connectivity index (χ1n) is 8.12. The topological polar surface area (TPSA) is 69.4 Å². The summed E-state index contributed by atoms with van der Waals surface area (Å²) >= 11 is 12.1. The summed E-state index contributed by atoms with van der Waals surface area (Å²) in [6, 6.07) is 3.40. The second kappa shape index (κ2) is 7.60. The molecule has 0 radical (unpaired) electrons. The third kappa shape index (κ3) is 3.81. The molecule has 0 unspecified atom stereocenters. The molecule has 0 bridgehead atoms. The highest BCUT2D eigenvalue weighted by molar-refractivity contribution is 6.31. The normalized spacial score (nSPS) is 11.3. The summed E-state index contributed by atoms with van der Waals surface area (Å²) in [6.45, 7) is 4.09. The fourth-order valence-corrected chi connectivity index (χ4v) is 3.36. The number of ketones is 1. The van der Waals surface area contributed by atoms with E-state index < -0.39 is 0 Å². The molecular weight excluding hydrogens is 375 g/mol. The van der Waals surface area contributed by atoms with E-state index in [0.717, 1.165) is 16.8 Å². The third-order valence-electron chi connectivity index (χ3n) is 3.96. The maximum absolute atomic E-state index is 12.6. The van der Waals surface area contributed by atoms with E-state index in [1.165, 1.54) is 7.11 Å². The molecule has 136 valence electrons. The molecule has 0 aromatic carbocycles. The van der Waals surface area contributed by atoms with Crippen molar-refractivity contribution in [1.29, 1.82) is 0 Å². The van der Waals surface area contributed by atoms with Gasteiger partial charge in [-0.15, -0.1) is 0 Å². The van der Waals surface area contributed by atoms with Gasteiger partial charge in [0.2, 0.25) is 5.88 Å². The minimum absolute atomic E-state index is 0.0364. The zero-order valence-electron chi connectivity index (χ0n) is 14.7. The summed E-state index contributed by atoms with van der Waals surface area (Å²) in [4.78, 5) is 21.0. The number of hydrogen-bond acceptors (Lipinski definition) is 5. The summed E-state index contributed by atoms with van der Waals surface area (Å²) in [5, 5.41) is 5.04. The van der Waals surface area contributed by atoms with Gasteiger partial charge in [-0.1, -0.05) is 37.0 Å². The highest BCUT2D eigenvalue weighted by Gasteiger charge is 2.17. The number of pyridine rings is 1. The minimum Gasteiger partial charge on any atom is -0.480 e. The van der Waals surface area contributed by atoms with Crippen LogP contribution in [0.25, 0.3) is 5.65 Å². The van der Waals surface area contributed by atoms with E-state index in [1.54, 1.807) is 29.0 Å². The van der Waals surface area contributed by atoms with Crippen molar-refractivity contribution in [3.63, 3.8) is 0 Å². The predicted molar refractivity (Wildman–Crippen MR) is 100 cm³/mol. The number of nitrogens with zero attached hydrogens (tertiary/aromatic N) is 4. The van der Waals surface area contributed by atoms with E-state index in [-0.39, 0.29) is 24.5 Å². The molecule has 0 saturated carbocycles. The second-order valence-corrected chi connectivity index (χ2v) is 7.08. The van der Waals surface area contributed by atoms with Gasteiger partial charge < -0.3 is 4.74 Å². The van der Waals surface area contributed by atoms with E-state index in [4.69, 9.17) is 27.9 Å². The molecule has 0 N–H and O–H groups in total. The van der Waals surface area contributed by atoms with E-state index in [1.807, 2.05) is 13.8 Å². The molecule has 0 spiro atoms. The highest BCUT2D eigenvalue weighted by Crippen LogP contribution is 2.24. The van der Waals surface area contributed by atoms with Crippen LogP contribution in [0.3, 0.4) is 0 Å². The Morgan fingerprint density at radius 1 is 1.19 bits per heavy atom. The number of hydrogen-bond donors (Lipinski definition) is 0. The van der Waals surface area contributed by atoms with Crippen molar-refractivity contribution in [3.8, 4) is 5.88 Å². The number of Topliss-reactive ketones (excluding diaryl/α,β-unsaturated/α-hetero) is 1. The average molecular weight is 393 g/mol. The Bertz CT molecular complexity index is 969. The zero-order chi connectivity index (χ0) is 18.8. The van der Waals surface area contributed by atoms with Crippen LogP contribution < -0.4 is 4.74 Å². The van der Waals surface area contributed by atoms with Crippen LogP contribution in [0.5, 0.6) is 5.88 Å². The molecule has 0 fully saturated rings. The van der Waals surface area contributed by atoms with E-state index in [2.05, 4.69) is 15.1 Å². The lowest BCUT2D eigenvalue weighted by atomic mass is 9.99. The van der Waals surface area contributed by atoms with Gasteiger partial charge in [0.25, 0.3) is 0 Å². The average Bonchev–Trinajstić information content (AvgIpc) is 2.94. The summed E-state index contributed by atoms with van der Waals surface area (Å²) in [6.07, 6.45) is 3.80. The van der Waals surface area contributed by atoms with E-state index in [9.17, 15) is 4.79 Å². The minimum atomic E-state index is 0.0364. The number of ether oxygens (including phenoxy) is 1. The van der Waals surface area contributed by atoms with Crippen LogP contribution in [0.4, 0.5) is 0 Å². The Hall–Kier alpha value is -2.18. The van der Waals surface area contributed by atoms with Crippen molar-refractivity contribution in [2.45, 2.75) is 32.6 Å². The number of rotatable bonds is 6. The molecule has 0 aliphatic carbocycles.